The summed E-state index contributed by atoms with van der Waals surface area (Å²) in [5.41, 5.74) is -0.911. The largest absolute Gasteiger partial charge is 0.347 e. The molecule has 1 aromatic carbocycles. The van der Waals surface area contributed by atoms with Crippen LogP contribution in [0.15, 0.2) is 23.1 Å². The predicted octanol–water partition coefficient (Wildman–Crippen LogP) is 2.28. The van der Waals surface area contributed by atoms with Gasteiger partial charge in [-0.3, -0.25) is 4.79 Å². The average molecular weight is 294 g/mol. The van der Waals surface area contributed by atoms with Crippen molar-refractivity contribution < 1.29 is 17.6 Å². The van der Waals surface area contributed by atoms with E-state index in [4.69, 9.17) is 10.7 Å². The number of amides is 1. The zero-order valence-electron chi connectivity index (χ0n) is 10.1. The molecular weight excluding hydrogens is 281 g/mol. The van der Waals surface area contributed by atoms with E-state index in [1.54, 1.807) is 20.8 Å². The van der Waals surface area contributed by atoms with E-state index in [2.05, 4.69) is 5.32 Å². The Morgan fingerprint density at radius 1 is 1.33 bits per heavy atom. The average Bonchev–Trinajstić information content (AvgIpc) is 2.13. The zero-order chi connectivity index (χ0) is 14.1. The molecule has 7 heteroatoms. The van der Waals surface area contributed by atoms with E-state index < -0.39 is 26.3 Å². The van der Waals surface area contributed by atoms with Crippen molar-refractivity contribution in [2.75, 3.05) is 0 Å². The number of halogens is 2. The lowest BCUT2D eigenvalue weighted by Crippen LogP contribution is -2.41. The van der Waals surface area contributed by atoms with Gasteiger partial charge in [-0.25, -0.2) is 12.8 Å². The summed E-state index contributed by atoms with van der Waals surface area (Å²) >= 11 is 0. The zero-order valence-corrected chi connectivity index (χ0v) is 11.7. The van der Waals surface area contributed by atoms with Crippen molar-refractivity contribution in [3.63, 3.8) is 0 Å². The van der Waals surface area contributed by atoms with Crippen LogP contribution in [-0.2, 0) is 9.05 Å². The van der Waals surface area contributed by atoms with Crippen LogP contribution in [0, 0.1) is 5.82 Å². The minimum Gasteiger partial charge on any atom is -0.347 e. The van der Waals surface area contributed by atoms with Crippen LogP contribution >= 0.6 is 10.7 Å². The molecule has 0 aliphatic rings. The molecule has 0 aliphatic carbocycles. The maximum atomic E-state index is 13.5. The number of rotatable bonds is 2. The molecule has 1 amide bonds. The lowest BCUT2D eigenvalue weighted by Gasteiger charge is -2.20. The van der Waals surface area contributed by atoms with Gasteiger partial charge in [0.1, 0.15) is 5.82 Å². The molecule has 100 valence electrons. The van der Waals surface area contributed by atoms with Crippen molar-refractivity contribution in [2.45, 2.75) is 31.2 Å². The molecule has 0 aliphatic heterocycles. The summed E-state index contributed by atoms with van der Waals surface area (Å²) < 4.78 is 35.7. The van der Waals surface area contributed by atoms with Crippen molar-refractivity contribution in [3.05, 3.63) is 29.6 Å². The van der Waals surface area contributed by atoms with E-state index in [1.807, 2.05) is 0 Å². The summed E-state index contributed by atoms with van der Waals surface area (Å²) in [5.74, 6) is -1.50. The molecule has 0 atom stereocenters. The number of hydrogen-bond donors (Lipinski definition) is 1. The van der Waals surface area contributed by atoms with Crippen LogP contribution in [-0.4, -0.2) is 19.9 Å². The van der Waals surface area contributed by atoms with E-state index in [0.29, 0.717) is 0 Å². The van der Waals surface area contributed by atoms with Crippen LogP contribution in [0.3, 0.4) is 0 Å². The fourth-order valence-electron chi connectivity index (χ4n) is 1.24. The van der Waals surface area contributed by atoms with Crippen molar-refractivity contribution in [2.24, 2.45) is 0 Å². The van der Waals surface area contributed by atoms with Gasteiger partial charge >= 0.3 is 0 Å². The highest BCUT2D eigenvalue weighted by molar-refractivity contribution is 8.13. The van der Waals surface area contributed by atoms with Crippen LogP contribution in [0.1, 0.15) is 31.1 Å². The van der Waals surface area contributed by atoms with Crippen LogP contribution in [0.5, 0.6) is 0 Å². The van der Waals surface area contributed by atoms with E-state index in [9.17, 15) is 17.6 Å². The normalized spacial score (nSPS) is 12.3. The minimum absolute atomic E-state index is 0.315. The van der Waals surface area contributed by atoms with Gasteiger partial charge in [-0.2, -0.15) is 0 Å². The third kappa shape index (κ3) is 3.96. The molecule has 1 N–H and O–H groups in total. The van der Waals surface area contributed by atoms with Gasteiger partial charge in [0.05, 0.1) is 10.5 Å². The number of benzene rings is 1. The Labute approximate surface area is 110 Å². The minimum atomic E-state index is -3.99. The highest BCUT2D eigenvalue weighted by Gasteiger charge is 2.21. The van der Waals surface area contributed by atoms with Gasteiger partial charge in [0, 0.05) is 16.2 Å². The maximum absolute atomic E-state index is 13.5. The standard InChI is InChI=1S/C11H13ClFNO3S/c1-11(2,3)14-10(15)8-6-7(18(12,16)17)4-5-9(8)13/h4-6H,1-3H3,(H,14,15). The van der Waals surface area contributed by atoms with Gasteiger partial charge in [-0.05, 0) is 39.0 Å². The molecule has 0 heterocycles. The molecule has 1 rings (SSSR count). The second-order valence-corrected chi connectivity index (χ2v) is 7.35. The first kappa shape index (κ1) is 14.9. The van der Waals surface area contributed by atoms with Crippen LogP contribution in [0.25, 0.3) is 0 Å². The van der Waals surface area contributed by atoms with Crippen LogP contribution < -0.4 is 5.32 Å². The van der Waals surface area contributed by atoms with Crippen molar-refractivity contribution in [3.8, 4) is 0 Å². The van der Waals surface area contributed by atoms with Crippen molar-refractivity contribution in [1.82, 2.24) is 5.32 Å². The molecule has 18 heavy (non-hydrogen) atoms. The molecular formula is C11H13ClFNO3S. The lowest BCUT2D eigenvalue weighted by molar-refractivity contribution is 0.0915. The lowest BCUT2D eigenvalue weighted by atomic mass is 10.1. The Kier molecular flexibility index (Phi) is 4.02. The van der Waals surface area contributed by atoms with Crippen LogP contribution in [0.2, 0.25) is 0 Å². The summed E-state index contributed by atoms with van der Waals surface area (Å²) in [6, 6.07) is 2.82. The van der Waals surface area contributed by atoms with Gasteiger partial charge in [0.2, 0.25) is 0 Å². The molecule has 0 unspecified atom stereocenters. The van der Waals surface area contributed by atoms with Gasteiger partial charge in [-0.1, -0.05) is 0 Å². The van der Waals surface area contributed by atoms with E-state index >= 15 is 0 Å². The highest BCUT2D eigenvalue weighted by Crippen LogP contribution is 2.19. The molecule has 0 spiro atoms. The molecule has 4 nitrogen and oxygen atoms in total. The van der Waals surface area contributed by atoms with Gasteiger partial charge in [0.15, 0.2) is 0 Å². The summed E-state index contributed by atoms with van der Waals surface area (Å²) in [7, 11) is 1.14. The number of carbonyl (C=O) groups excluding carboxylic acids is 1. The third-order valence-corrected chi connectivity index (χ3v) is 3.30. The SMILES string of the molecule is CC(C)(C)NC(=O)c1cc(S(=O)(=O)Cl)ccc1F. The van der Waals surface area contributed by atoms with E-state index in [0.717, 1.165) is 18.2 Å². The molecule has 1 aromatic rings. The molecule has 0 radical (unpaired) electrons. The van der Waals surface area contributed by atoms with E-state index in [-0.39, 0.29) is 10.5 Å². The smallest absolute Gasteiger partial charge is 0.261 e. The second-order valence-electron chi connectivity index (χ2n) is 4.78. The number of hydrogen-bond acceptors (Lipinski definition) is 3. The van der Waals surface area contributed by atoms with E-state index in [1.165, 1.54) is 0 Å². The quantitative estimate of drug-likeness (QED) is 0.851. The predicted molar refractivity (Wildman–Crippen MR) is 66.7 cm³/mol. The molecule has 0 bridgehead atoms. The monoisotopic (exact) mass is 293 g/mol. The molecule has 0 saturated carbocycles. The highest BCUT2D eigenvalue weighted by atomic mass is 35.7. The molecule has 0 aromatic heterocycles. The second kappa shape index (κ2) is 4.85. The first-order valence-electron chi connectivity index (χ1n) is 5.07. The molecule has 0 saturated heterocycles. The van der Waals surface area contributed by atoms with Gasteiger partial charge < -0.3 is 5.32 Å². The maximum Gasteiger partial charge on any atom is 0.261 e. The summed E-state index contributed by atoms with van der Waals surface area (Å²) in [5, 5.41) is 2.54. The first-order valence-corrected chi connectivity index (χ1v) is 7.38. The molecule has 0 fully saturated rings. The summed E-state index contributed by atoms with van der Waals surface area (Å²) in [6.07, 6.45) is 0. The summed E-state index contributed by atoms with van der Waals surface area (Å²) in [4.78, 5) is 11.5. The number of carbonyl (C=O) groups is 1. The summed E-state index contributed by atoms with van der Waals surface area (Å²) in [6.45, 7) is 5.18. The topological polar surface area (TPSA) is 63.2 Å². The Hall–Kier alpha value is -1.14. The Morgan fingerprint density at radius 3 is 2.33 bits per heavy atom. The Balaban J connectivity index is 3.21. The van der Waals surface area contributed by atoms with Gasteiger partial charge in [-0.15, -0.1) is 0 Å². The fraction of sp³-hybridized carbons (Fsp3) is 0.364. The van der Waals surface area contributed by atoms with Gasteiger partial charge in [0.25, 0.3) is 15.0 Å². The fourth-order valence-corrected chi connectivity index (χ4v) is 2.02. The Morgan fingerprint density at radius 2 is 1.89 bits per heavy atom. The van der Waals surface area contributed by atoms with Crippen LogP contribution in [0.4, 0.5) is 4.39 Å². The first-order chi connectivity index (χ1) is 8.00. The van der Waals surface area contributed by atoms with Crippen molar-refractivity contribution in [1.29, 1.82) is 0 Å². The third-order valence-electron chi connectivity index (χ3n) is 1.95. The number of nitrogens with one attached hydrogen (secondary N) is 1. The van der Waals surface area contributed by atoms with Crippen molar-refractivity contribution >= 4 is 25.6 Å². The Bertz CT molecular complexity index is 578.